The maximum atomic E-state index is 12.8. The van der Waals surface area contributed by atoms with Crippen LogP contribution in [0.15, 0.2) is 24.3 Å². The number of sulfonamides is 1. The lowest BCUT2D eigenvalue weighted by molar-refractivity contribution is -0.124. The Kier molecular flexibility index (Phi) is 6.56. The van der Waals surface area contributed by atoms with Gasteiger partial charge in [0.15, 0.2) is 0 Å². The first kappa shape index (κ1) is 18.7. The molecule has 1 aromatic carbocycles. The Morgan fingerprint density at radius 1 is 1.38 bits per heavy atom. The predicted molar refractivity (Wildman–Crippen MR) is 88.7 cm³/mol. The molecule has 1 amide bonds. The molecule has 1 fully saturated rings. The summed E-state index contributed by atoms with van der Waals surface area (Å²) in [6.07, 6.45) is 1.75. The van der Waals surface area contributed by atoms with Crippen molar-refractivity contribution in [3.8, 4) is 5.75 Å². The molecule has 1 aliphatic heterocycles. The number of halogens is 1. The average Bonchev–Trinajstić information content (AvgIpc) is 3.03. The van der Waals surface area contributed by atoms with Crippen molar-refractivity contribution in [2.45, 2.75) is 32.2 Å². The van der Waals surface area contributed by atoms with Crippen molar-refractivity contribution in [2.75, 3.05) is 25.4 Å². The van der Waals surface area contributed by atoms with Crippen molar-refractivity contribution in [1.82, 2.24) is 9.62 Å². The molecule has 1 N–H and O–H groups in total. The standard InChI is InChI=1S/C16H23FN2O4S/c1-2-12-24(21,22)19-10-3-4-15(19)16(20)18-9-11-23-14-7-5-13(17)6-8-14/h5-8,15H,2-4,9-12H2,1H3,(H,18,20). The van der Waals surface area contributed by atoms with Crippen LogP contribution in [0.1, 0.15) is 26.2 Å². The summed E-state index contributed by atoms with van der Waals surface area (Å²) in [5.41, 5.74) is 0. The van der Waals surface area contributed by atoms with E-state index in [-0.39, 0.29) is 30.6 Å². The first-order valence-electron chi connectivity index (χ1n) is 8.09. The van der Waals surface area contributed by atoms with Crippen molar-refractivity contribution in [1.29, 1.82) is 0 Å². The predicted octanol–water partition coefficient (Wildman–Crippen LogP) is 1.52. The summed E-state index contributed by atoms with van der Waals surface area (Å²) < 4.78 is 43.8. The molecule has 0 radical (unpaired) electrons. The molecule has 1 unspecified atom stereocenters. The summed E-state index contributed by atoms with van der Waals surface area (Å²) >= 11 is 0. The maximum Gasteiger partial charge on any atom is 0.238 e. The topological polar surface area (TPSA) is 75.7 Å². The number of hydrogen-bond acceptors (Lipinski definition) is 4. The molecule has 0 spiro atoms. The minimum Gasteiger partial charge on any atom is -0.492 e. The lowest BCUT2D eigenvalue weighted by Crippen LogP contribution is -2.47. The van der Waals surface area contributed by atoms with Crippen LogP contribution in [0.2, 0.25) is 0 Å². The van der Waals surface area contributed by atoms with Crippen LogP contribution in [-0.2, 0) is 14.8 Å². The molecule has 0 aliphatic carbocycles. The quantitative estimate of drug-likeness (QED) is 0.715. The second kappa shape index (κ2) is 8.43. The Bertz CT molecular complexity index is 649. The van der Waals surface area contributed by atoms with Gasteiger partial charge in [0, 0.05) is 6.54 Å². The fourth-order valence-corrected chi connectivity index (χ4v) is 4.45. The molecule has 0 bridgehead atoms. The van der Waals surface area contributed by atoms with E-state index in [1.165, 1.54) is 28.6 Å². The number of amides is 1. The summed E-state index contributed by atoms with van der Waals surface area (Å²) in [6, 6.07) is 4.97. The monoisotopic (exact) mass is 358 g/mol. The van der Waals surface area contributed by atoms with Crippen LogP contribution >= 0.6 is 0 Å². The van der Waals surface area contributed by atoms with Crippen LogP contribution in [0.25, 0.3) is 0 Å². The van der Waals surface area contributed by atoms with Gasteiger partial charge in [-0.15, -0.1) is 0 Å². The van der Waals surface area contributed by atoms with Gasteiger partial charge >= 0.3 is 0 Å². The molecule has 24 heavy (non-hydrogen) atoms. The Morgan fingerprint density at radius 2 is 2.08 bits per heavy atom. The van der Waals surface area contributed by atoms with Gasteiger partial charge in [0.05, 0.1) is 12.3 Å². The number of nitrogens with zero attached hydrogens (tertiary/aromatic N) is 1. The molecule has 134 valence electrons. The Hall–Kier alpha value is -1.67. The summed E-state index contributed by atoms with van der Waals surface area (Å²) in [6.45, 7) is 2.68. The van der Waals surface area contributed by atoms with E-state index in [0.29, 0.717) is 31.6 Å². The number of rotatable bonds is 8. The van der Waals surface area contributed by atoms with Crippen LogP contribution in [0.4, 0.5) is 4.39 Å². The van der Waals surface area contributed by atoms with Gasteiger partial charge in [-0.2, -0.15) is 4.31 Å². The summed E-state index contributed by atoms with van der Waals surface area (Å²) in [5, 5.41) is 2.71. The van der Waals surface area contributed by atoms with E-state index in [2.05, 4.69) is 5.32 Å². The molecule has 0 saturated carbocycles. The van der Waals surface area contributed by atoms with Crippen molar-refractivity contribution in [2.24, 2.45) is 0 Å². The van der Waals surface area contributed by atoms with E-state index >= 15 is 0 Å². The van der Waals surface area contributed by atoms with E-state index in [0.717, 1.165) is 0 Å². The Morgan fingerprint density at radius 3 is 2.75 bits per heavy atom. The van der Waals surface area contributed by atoms with Crippen LogP contribution in [-0.4, -0.2) is 50.1 Å². The fraction of sp³-hybridized carbons (Fsp3) is 0.562. The SMILES string of the molecule is CCCS(=O)(=O)N1CCCC1C(=O)NCCOc1ccc(F)cc1. The molecule has 0 aromatic heterocycles. The van der Waals surface area contributed by atoms with Crippen LogP contribution in [0.5, 0.6) is 5.75 Å². The van der Waals surface area contributed by atoms with Crippen molar-refractivity contribution >= 4 is 15.9 Å². The van der Waals surface area contributed by atoms with Crippen molar-refractivity contribution in [3.63, 3.8) is 0 Å². The zero-order valence-electron chi connectivity index (χ0n) is 13.7. The van der Waals surface area contributed by atoms with Gasteiger partial charge in [-0.3, -0.25) is 4.79 Å². The Labute approximate surface area is 142 Å². The number of hydrogen-bond donors (Lipinski definition) is 1. The normalized spacial score (nSPS) is 18.5. The van der Waals surface area contributed by atoms with E-state index < -0.39 is 16.1 Å². The van der Waals surface area contributed by atoms with Gasteiger partial charge in [0.2, 0.25) is 15.9 Å². The minimum absolute atomic E-state index is 0.0600. The molecule has 1 aromatic rings. The molecular weight excluding hydrogens is 335 g/mol. The second-order valence-corrected chi connectivity index (χ2v) is 7.72. The highest BCUT2D eigenvalue weighted by Crippen LogP contribution is 2.22. The summed E-state index contributed by atoms with van der Waals surface area (Å²) in [7, 11) is -3.38. The van der Waals surface area contributed by atoms with Gasteiger partial charge in [-0.1, -0.05) is 6.92 Å². The highest BCUT2D eigenvalue weighted by molar-refractivity contribution is 7.89. The van der Waals surface area contributed by atoms with Crippen LogP contribution in [0, 0.1) is 5.82 Å². The molecule has 6 nitrogen and oxygen atoms in total. The third-order valence-corrected chi connectivity index (χ3v) is 5.89. The number of ether oxygens (including phenoxy) is 1. The molecule has 1 atom stereocenters. The van der Waals surface area contributed by atoms with Gasteiger partial charge in [-0.25, -0.2) is 12.8 Å². The second-order valence-electron chi connectivity index (χ2n) is 5.68. The summed E-state index contributed by atoms with van der Waals surface area (Å²) in [5.74, 6) is -0.0661. The van der Waals surface area contributed by atoms with E-state index in [4.69, 9.17) is 4.74 Å². The molecule has 8 heteroatoms. The van der Waals surface area contributed by atoms with Gasteiger partial charge < -0.3 is 10.1 Å². The average molecular weight is 358 g/mol. The van der Waals surface area contributed by atoms with Gasteiger partial charge in [0.1, 0.15) is 24.2 Å². The van der Waals surface area contributed by atoms with Crippen molar-refractivity contribution < 1.29 is 22.3 Å². The molecule has 1 heterocycles. The van der Waals surface area contributed by atoms with E-state index in [1.807, 2.05) is 0 Å². The third-order valence-electron chi connectivity index (χ3n) is 3.81. The summed E-state index contributed by atoms with van der Waals surface area (Å²) in [4.78, 5) is 12.2. The van der Waals surface area contributed by atoms with E-state index in [1.54, 1.807) is 6.92 Å². The maximum absolute atomic E-state index is 12.8. The van der Waals surface area contributed by atoms with Crippen LogP contribution < -0.4 is 10.1 Å². The first-order chi connectivity index (χ1) is 11.4. The number of carbonyl (C=O) groups is 1. The fourth-order valence-electron chi connectivity index (χ4n) is 2.70. The minimum atomic E-state index is -3.38. The lowest BCUT2D eigenvalue weighted by Gasteiger charge is -2.23. The Balaban J connectivity index is 1.80. The van der Waals surface area contributed by atoms with Crippen molar-refractivity contribution in [3.05, 3.63) is 30.1 Å². The third kappa shape index (κ3) is 4.91. The molecular formula is C16H23FN2O4S. The number of benzene rings is 1. The smallest absolute Gasteiger partial charge is 0.238 e. The molecule has 1 saturated heterocycles. The van der Waals surface area contributed by atoms with Gasteiger partial charge in [-0.05, 0) is 43.5 Å². The highest BCUT2D eigenvalue weighted by Gasteiger charge is 2.37. The largest absolute Gasteiger partial charge is 0.492 e. The van der Waals surface area contributed by atoms with E-state index in [9.17, 15) is 17.6 Å². The lowest BCUT2D eigenvalue weighted by atomic mass is 10.2. The molecule has 2 rings (SSSR count). The van der Waals surface area contributed by atoms with Crippen LogP contribution in [0.3, 0.4) is 0 Å². The van der Waals surface area contributed by atoms with Gasteiger partial charge in [0.25, 0.3) is 0 Å². The zero-order valence-corrected chi connectivity index (χ0v) is 14.5. The highest BCUT2D eigenvalue weighted by atomic mass is 32.2. The number of carbonyl (C=O) groups excluding carboxylic acids is 1. The zero-order chi connectivity index (χ0) is 17.6. The molecule has 1 aliphatic rings. The first-order valence-corrected chi connectivity index (χ1v) is 9.70. The number of nitrogens with one attached hydrogen (secondary N) is 1.